The molecule has 104 valence electrons. The number of nitrogens with zero attached hydrogens (tertiary/aromatic N) is 2. The van der Waals surface area contributed by atoms with Gasteiger partial charge < -0.3 is 15.5 Å². The molecule has 0 bridgehead atoms. The van der Waals surface area contributed by atoms with Gasteiger partial charge in [0.25, 0.3) is 0 Å². The molecule has 1 amide bonds. The maximum atomic E-state index is 13.9. The van der Waals surface area contributed by atoms with E-state index < -0.39 is 6.04 Å². The Morgan fingerprint density at radius 1 is 1.42 bits per heavy atom. The summed E-state index contributed by atoms with van der Waals surface area (Å²) in [6, 6.07) is 6.16. The number of amides is 1. The van der Waals surface area contributed by atoms with E-state index in [2.05, 4.69) is 0 Å². The van der Waals surface area contributed by atoms with Gasteiger partial charge in [0.15, 0.2) is 0 Å². The van der Waals surface area contributed by atoms with Gasteiger partial charge in [-0.05, 0) is 25.5 Å². The summed E-state index contributed by atoms with van der Waals surface area (Å²) in [4.78, 5) is 15.9. The number of hydrogen-bond acceptors (Lipinski definition) is 3. The Morgan fingerprint density at radius 2 is 2.11 bits per heavy atom. The Balaban J connectivity index is 2.38. The highest BCUT2D eigenvalue weighted by molar-refractivity contribution is 5.86. The summed E-state index contributed by atoms with van der Waals surface area (Å²) in [5.74, 6) is -0.360. The average Bonchev–Trinajstić information content (AvgIpc) is 2.51. The van der Waals surface area contributed by atoms with Crippen molar-refractivity contribution in [1.82, 2.24) is 4.90 Å². The number of carbonyl (C=O) groups is 1. The topological polar surface area (TPSA) is 49.6 Å². The molecule has 0 saturated carbocycles. The van der Waals surface area contributed by atoms with E-state index in [9.17, 15) is 9.18 Å². The minimum absolute atomic E-state index is 0.0456. The fourth-order valence-electron chi connectivity index (χ4n) is 2.46. The third-order valence-electron chi connectivity index (χ3n) is 3.84. The number of benzene rings is 1. The zero-order valence-corrected chi connectivity index (χ0v) is 11.3. The molecule has 1 aliphatic rings. The van der Waals surface area contributed by atoms with E-state index in [4.69, 9.17) is 5.73 Å². The molecule has 2 atom stereocenters. The molecule has 0 spiro atoms. The summed E-state index contributed by atoms with van der Waals surface area (Å²) in [5.41, 5.74) is 6.19. The predicted molar refractivity (Wildman–Crippen MR) is 73.4 cm³/mol. The van der Waals surface area contributed by atoms with Crippen LogP contribution in [-0.2, 0) is 4.79 Å². The van der Waals surface area contributed by atoms with Crippen molar-refractivity contribution in [1.29, 1.82) is 0 Å². The number of carbonyl (C=O) groups excluding carboxylic acids is 1. The van der Waals surface area contributed by atoms with E-state index in [1.165, 1.54) is 6.07 Å². The molecular weight excluding hydrogens is 245 g/mol. The Bertz CT molecular complexity index is 466. The summed E-state index contributed by atoms with van der Waals surface area (Å²) in [7, 11) is 1.78. The Kier molecular flexibility index (Phi) is 4.04. The first-order valence-electron chi connectivity index (χ1n) is 6.54. The molecule has 1 aromatic rings. The molecule has 0 aromatic heterocycles. The minimum Gasteiger partial charge on any atom is -0.356 e. The van der Waals surface area contributed by atoms with Crippen LogP contribution in [0.3, 0.4) is 0 Å². The van der Waals surface area contributed by atoms with Crippen LogP contribution in [0.2, 0.25) is 0 Å². The first-order chi connectivity index (χ1) is 9.06. The summed E-state index contributed by atoms with van der Waals surface area (Å²) in [6.07, 6.45) is 0.799. The van der Waals surface area contributed by atoms with Crippen molar-refractivity contribution in [3.63, 3.8) is 0 Å². The molecule has 2 rings (SSSR count). The van der Waals surface area contributed by atoms with Crippen molar-refractivity contribution in [2.45, 2.75) is 25.4 Å². The lowest BCUT2D eigenvalue weighted by Crippen LogP contribution is -2.50. The molecular formula is C14H20FN3O. The highest BCUT2D eigenvalue weighted by Gasteiger charge is 2.33. The van der Waals surface area contributed by atoms with Crippen LogP contribution in [0.15, 0.2) is 24.3 Å². The number of halogens is 1. The fourth-order valence-corrected chi connectivity index (χ4v) is 2.46. The third kappa shape index (κ3) is 2.56. The monoisotopic (exact) mass is 265 g/mol. The van der Waals surface area contributed by atoms with Crippen LogP contribution >= 0.6 is 0 Å². The Labute approximate surface area is 113 Å². The van der Waals surface area contributed by atoms with Gasteiger partial charge in [-0.25, -0.2) is 4.39 Å². The highest BCUT2D eigenvalue weighted by Crippen LogP contribution is 2.25. The maximum absolute atomic E-state index is 13.9. The van der Waals surface area contributed by atoms with Crippen molar-refractivity contribution < 1.29 is 9.18 Å². The van der Waals surface area contributed by atoms with Gasteiger partial charge in [-0.15, -0.1) is 0 Å². The van der Waals surface area contributed by atoms with Crippen LogP contribution in [0.1, 0.15) is 13.3 Å². The second-order valence-corrected chi connectivity index (χ2v) is 4.98. The molecule has 5 heteroatoms. The quantitative estimate of drug-likeness (QED) is 0.874. The molecule has 19 heavy (non-hydrogen) atoms. The van der Waals surface area contributed by atoms with Crippen LogP contribution in [0.25, 0.3) is 0 Å². The summed E-state index contributed by atoms with van der Waals surface area (Å²) < 4.78 is 13.9. The number of rotatable bonds is 2. The van der Waals surface area contributed by atoms with Crippen molar-refractivity contribution in [2.24, 2.45) is 5.73 Å². The van der Waals surface area contributed by atoms with Crippen LogP contribution < -0.4 is 10.6 Å². The van der Waals surface area contributed by atoms with Crippen LogP contribution in [-0.4, -0.2) is 43.0 Å². The number of hydrogen-bond donors (Lipinski definition) is 1. The lowest BCUT2D eigenvalue weighted by molar-refractivity contribution is -0.132. The molecule has 1 aliphatic heterocycles. The number of para-hydroxylation sites is 1. The molecule has 4 nitrogen and oxygen atoms in total. The number of anilines is 1. The summed E-state index contributed by atoms with van der Waals surface area (Å²) >= 11 is 0. The first-order valence-corrected chi connectivity index (χ1v) is 6.54. The molecule has 2 N–H and O–H groups in total. The Morgan fingerprint density at radius 3 is 2.74 bits per heavy atom. The van der Waals surface area contributed by atoms with E-state index in [-0.39, 0.29) is 24.3 Å². The van der Waals surface area contributed by atoms with Gasteiger partial charge >= 0.3 is 0 Å². The Hall–Kier alpha value is -1.62. The van der Waals surface area contributed by atoms with Crippen LogP contribution in [0.5, 0.6) is 0 Å². The molecule has 0 radical (unpaired) electrons. The van der Waals surface area contributed by atoms with Gasteiger partial charge in [-0.1, -0.05) is 12.1 Å². The van der Waals surface area contributed by atoms with Crippen molar-refractivity contribution >= 4 is 11.6 Å². The van der Waals surface area contributed by atoms with Crippen molar-refractivity contribution in [2.75, 3.05) is 25.0 Å². The maximum Gasteiger partial charge on any atom is 0.246 e. The lowest BCUT2D eigenvalue weighted by atomic mass is 10.2. The van der Waals surface area contributed by atoms with E-state index in [0.717, 1.165) is 6.42 Å². The van der Waals surface area contributed by atoms with Gasteiger partial charge in [0.05, 0.1) is 5.69 Å². The van der Waals surface area contributed by atoms with Crippen LogP contribution in [0.4, 0.5) is 10.1 Å². The van der Waals surface area contributed by atoms with E-state index in [1.807, 2.05) is 6.92 Å². The lowest BCUT2D eigenvalue weighted by Gasteiger charge is -2.31. The van der Waals surface area contributed by atoms with Gasteiger partial charge in [0, 0.05) is 26.2 Å². The van der Waals surface area contributed by atoms with E-state index in [1.54, 1.807) is 35.0 Å². The van der Waals surface area contributed by atoms with Gasteiger partial charge in [-0.2, -0.15) is 0 Å². The summed E-state index contributed by atoms with van der Waals surface area (Å²) in [6.45, 7) is 2.81. The largest absolute Gasteiger partial charge is 0.356 e. The number of nitrogens with two attached hydrogens (primary N) is 1. The highest BCUT2D eigenvalue weighted by atomic mass is 19.1. The first kappa shape index (κ1) is 13.8. The van der Waals surface area contributed by atoms with Gasteiger partial charge in [0.1, 0.15) is 11.9 Å². The number of likely N-dealkylation sites (N-methyl/N-ethyl adjacent to an activating group) is 1. The normalized spacial score (nSPS) is 24.5. The molecule has 0 aliphatic carbocycles. The average molecular weight is 265 g/mol. The smallest absolute Gasteiger partial charge is 0.246 e. The second-order valence-electron chi connectivity index (χ2n) is 4.98. The SMILES string of the molecule is CC1CCN(c2ccccc2F)C(CN)C(=O)N1C. The van der Waals surface area contributed by atoms with Gasteiger partial charge in [0.2, 0.25) is 5.91 Å². The second kappa shape index (κ2) is 5.57. The molecule has 1 fully saturated rings. The summed E-state index contributed by atoms with van der Waals surface area (Å²) in [5, 5.41) is 0. The fraction of sp³-hybridized carbons (Fsp3) is 0.500. The standard InChI is InChI=1S/C14H20FN3O/c1-10-7-8-18(12-6-4-3-5-11(12)15)13(9-16)14(19)17(10)2/h3-6,10,13H,7-9,16H2,1-2H3. The van der Waals surface area contributed by atoms with Crippen molar-refractivity contribution in [3.05, 3.63) is 30.1 Å². The third-order valence-corrected chi connectivity index (χ3v) is 3.84. The van der Waals surface area contributed by atoms with Gasteiger partial charge in [-0.3, -0.25) is 4.79 Å². The van der Waals surface area contributed by atoms with E-state index in [0.29, 0.717) is 12.2 Å². The molecule has 1 heterocycles. The van der Waals surface area contributed by atoms with Crippen LogP contribution in [0, 0.1) is 5.82 Å². The zero-order chi connectivity index (χ0) is 14.0. The molecule has 1 aromatic carbocycles. The molecule has 1 saturated heterocycles. The van der Waals surface area contributed by atoms with E-state index >= 15 is 0 Å². The molecule has 2 unspecified atom stereocenters. The predicted octanol–water partition coefficient (Wildman–Crippen LogP) is 1.21. The zero-order valence-electron chi connectivity index (χ0n) is 11.3. The minimum atomic E-state index is -0.494. The van der Waals surface area contributed by atoms with Crippen molar-refractivity contribution in [3.8, 4) is 0 Å².